The van der Waals surface area contributed by atoms with Crippen molar-refractivity contribution in [3.8, 4) is 16.6 Å². The molecule has 0 atom stereocenters. The van der Waals surface area contributed by atoms with Crippen molar-refractivity contribution in [2.45, 2.75) is 5.03 Å². The van der Waals surface area contributed by atoms with Gasteiger partial charge in [-0.15, -0.1) is 11.8 Å². The minimum absolute atomic E-state index is 0.141. The first-order valence-electron chi connectivity index (χ1n) is 4.81. The molecule has 0 bridgehead atoms. The van der Waals surface area contributed by atoms with Crippen LogP contribution in [0.25, 0.3) is 10.6 Å². The van der Waals surface area contributed by atoms with Crippen molar-refractivity contribution in [3.63, 3.8) is 0 Å². The van der Waals surface area contributed by atoms with Crippen LogP contribution in [0.3, 0.4) is 0 Å². The molecule has 0 aliphatic rings. The molecule has 17 heavy (non-hydrogen) atoms. The van der Waals surface area contributed by atoms with Gasteiger partial charge in [-0.25, -0.2) is 4.98 Å². The molecule has 2 rings (SSSR count). The number of hydrogen-bond acceptors (Lipinski definition) is 5. The van der Waals surface area contributed by atoms with Crippen LogP contribution in [-0.4, -0.2) is 11.2 Å². The number of rotatable bonds is 2. The lowest BCUT2D eigenvalue weighted by atomic mass is 10.2. The molecule has 84 valence electrons. The minimum Gasteiger partial charge on any atom is -0.276 e. The molecule has 0 saturated carbocycles. The van der Waals surface area contributed by atoms with Crippen molar-refractivity contribution in [1.29, 1.82) is 5.26 Å². The lowest BCUT2D eigenvalue weighted by Gasteiger charge is -2.02. The van der Waals surface area contributed by atoms with Crippen LogP contribution in [0.1, 0.15) is 5.56 Å². The highest BCUT2D eigenvalue weighted by Crippen LogP contribution is 2.23. The Morgan fingerprint density at radius 1 is 1.35 bits per heavy atom. The van der Waals surface area contributed by atoms with Crippen LogP contribution in [0.5, 0.6) is 0 Å². The Morgan fingerprint density at radius 2 is 2.06 bits per heavy atom. The maximum Gasteiger partial charge on any atom is 0.254 e. The van der Waals surface area contributed by atoms with E-state index in [0.29, 0.717) is 10.0 Å². The van der Waals surface area contributed by atoms with E-state index in [4.69, 9.17) is 5.26 Å². The van der Waals surface area contributed by atoms with Gasteiger partial charge in [-0.05, 0) is 6.26 Å². The molecule has 0 aliphatic heterocycles. The third kappa shape index (κ3) is 2.38. The Morgan fingerprint density at radius 3 is 2.65 bits per heavy atom. The molecule has 0 saturated heterocycles. The largest absolute Gasteiger partial charge is 0.276 e. The Labute approximate surface area is 107 Å². The number of hydrogen-bond donors (Lipinski definition) is 0. The second-order valence-corrected chi connectivity index (χ2v) is 4.93. The lowest BCUT2D eigenvalue weighted by molar-refractivity contribution is 1.14. The van der Waals surface area contributed by atoms with Crippen molar-refractivity contribution in [2.75, 3.05) is 6.26 Å². The van der Waals surface area contributed by atoms with Gasteiger partial charge in [-0.2, -0.15) is 5.26 Å². The topological polar surface area (TPSA) is 53.8 Å². The van der Waals surface area contributed by atoms with Crippen molar-refractivity contribution < 1.29 is 0 Å². The molecule has 3 nitrogen and oxygen atoms in total. The molecule has 1 heterocycles. The highest BCUT2D eigenvalue weighted by molar-refractivity contribution is 7.98. The first kappa shape index (κ1) is 11.8. The second kappa shape index (κ2) is 5.13. The van der Waals surface area contributed by atoms with Gasteiger partial charge in [-0.3, -0.25) is 4.79 Å². The van der Waals surface area contributed by atoms with Crippen molar-refractivity contribution in [2.24, 2.45) is 0 Å². The summed E-state index contributed by atoms with van der Waals surface area (Å²) in [6, 6.07) is 11.4. The molecule has 0 aliphatic carbocycles. The molecule has 0 N–H and O–H groups in total. The first-order chi connectivity index (χ1) is 8.26. The quantitative estimate of drug-likeness (QED) is 0.779. The Hall–Kier alpha value is -1.64. The number of aromatic nitrogens is 1. The summed E-state index contributed by atoms with van der Waals surface area (Å²) in [6.45, 7) is 0. The molecule has 0 spiro atoms. The number of nitriles is 1. The van der Waals surface area contributed by atoms with Crippen LogP contribution in [0.2, 0.25) is 0 Å². The summed E-state index contributed by atoms with van der Waals surface area (Å²) in [7, 11) is 0. The fourth-order valence-electron chi connectivity index (χ4n) is 1.34. The lowest BCUT2D eigenvalue weighted by Crippen LogP contribution is -2.05. The summed E-state index contributed by atoms with van der Waals surface area (Å²) < 4.78 is -0.231. The monoisotopic (exact) mass is 260 g/mol. The zero-order valence-electron chi connectivity index (χ0n) is 9.01. The predicted molar refractivity (Wildman–Crippen MR) is 70.3 cm³/mol. The van der Waals surface area contributed by atoms with Crippen LogP contribution in [0.4, 0.5) is 0 Å². The second-order valence-electron chi connectivity index (χ2n) is 3.17. The number of benzene rings is 1. The fourth-order valence-corrected chi connectivity index (χ4v) is 2.80. The molecular weight excluding hydrogens is 252 g/mol. The van der Waals surface area contributed by atoms with Gasteiger partial charge in [0, 0.05) is 5.56 Å². The van der Waals surface area contributed by atoms with E-state index < -0.39 is 0 Å². The number of nitrogens with zero attached hydrogens (tertiary/aromatic N) is 2. The normalized spacial score (nSPS) is 9.88. The zero-order valence-corrected chi connectivity index (χ0v) is 10.6. The highest BCUT2D eigenvalue weighted by Gasteiger charge is 2.11. The Kier molecular flexibility index (Phi) is 3.57. The van der Waals surface area contributed by atoms with E-state index in [9.17, 15) is 4.79 Å². The van der Waals surface area contributed by atoms with E-state index >= 15 is 0 Å². The first-order valence-corrected chi connectivity index (χ1v) is 6.85. The molecule has 2 aromatic rings. The van der Waals surface area contributed by atoms with Crippen molar-refractivity contribution >= 4 is 23.1 Å². The van der Waals surface area contributed by atoms with Crippen molar-refractivity contribution in [3.05, 3.63) is 45.4 Å². The van der Waals surface area contributed by atoms with Crippen LogP contribution in [0, 0.1) is 11.3 Å². The summed E-state index contributed by atoms with van der Waals surface area (Å²) in [5.41, 5.74) is 1.04. The molecule has 0 amide bonds. The van der Waals surface area contributed by atoms with E-state index in [1.165, 1.54) is 11.8 Å². The summed E-state index contributed by atoms with van der Waals surface area (Å²) in [5.74, 6) is 0. The zero-order chi connectivity index (χ0) is 12.3. The molecular formula is C12H8N2OS2. The minimum atomic E-state index is -0.231. The average molecular weight is 260 g/mol. The van der Waals surface area contributed by atoms with Crippen LogP contribution in [-0.2, 0) is 0 Å². The van der Waals surface area contributed by atoms with E-state index in [1.807, 2.05) is 42.7 Å². The van der Waals surface area contributed by atoms with E-state index in [2.05, 4.69) is 4.98 Å². The predicted octanol–water partition coefficient (Wildman–Crippen LogP) is 2.76. The van der Waals surface area contributed by atoms with Gasteiger partial charge in [0.15, 0.2) is 0 Å². The molecule has 1 aromatic heterocycles. The van der Waals surface area contributed by atoms with Gasteiger partial charge in [0.2, 0.25) is 0 Å². The number of thioether (sulfide) groups is 1. The summed E-state index contributed by atoms with van der Waals surface area (Å²) in [6.07, 6.45) is 1.81. The fraction of sp³-hybridized carbons (Fsp3) is 0.0833. The van der Waals surface area contributed by atoms with Gasteiger partial charge in [0.25, 0.3) is 4.74 Å². The van der Waals surface area contributed by atoms with Crippen LogP contribution < -0.4 is 4.74 Å². The summed E-state index contributed by atoms with van der Waals surface area (Å²) >= 11 is 2.32. The SMILES string of the molecule is CSc1nc(-c2ccccc2)sc(=O)c1C#N. The van der Waals surface area contributed by atoms with E-state index in [-0.39, 0.29) is 10.3 Å². The average Bonchev–Trinajstić information content (AvgIpc) is 2.38. The Balaban J connectivity index is 2.64. The van der Waals surface area contributed by atoms with Gasteiger partial charge in [-0.1, -0.05) is 41.7 Å². The highest BCUT2D eigenvalue weighted by atomic mass is 32.2. The van der Waals surface area contributed by atoms with Crippen LogP contribution in [0.15, 0.2) is 40.2 Å². The third-order valence-electron chi connectivity index (χ3n) is 2.14. The van der Waals surface area contributed by atoms with Crippen LogP contribution >= 0.6 is 23.1 Å². The van der Waals surface area contributed by atoms with Gasteiger partial charge in [0.05, 0.1) is 0 Å². The standard InChI is InChI=1S/C12H8N2OS2/c1-16-11-9(7-13)12(15)17-10(14-11)8-5-3-2-4-6-8/h2-6H,1H3. The Bertz CT molecular complexity index is 629. The molecule has 1 aromatic carbocycles. The smallest absolute Gasteiger partial charge is 0.254 e. The molecule has 0 fully saturated rings. The summed E-state index contributed by atoms with van der Waals surface area (Å²) in [4.78, 5) is 16.1. The van der Waals surface area contributed by atoms with Gasteiger partial charge < -0.3 is 0 Å². The van der Waals surface area contributed by atoms with E-state index in [0.717, 1.165) is 16.9 Å². The maximum absolute atomic E-state index is 11.8. The maximum atomic E-state index is 11.8. The molecule has 5 heteroatoms. The molecule has 0 unspecified atom stereocenters. The van der Waals surface area contributed by atoms with Gasteiger partial charge in [0.1, 0.15) is 21.7 Å². The molecule has 0 radical (unpaired) electrons. The van der Waals surface area contributed by atoms with Crippen molar-refractivity contribution in [1.82, 2.24) is 4.98 Å². The summed E-state index contributed by atoms with van der Waals surface area (Å²) in [5, 5.41) is 10.0. The third-order valence-corrected chi connectivity index (χ3v) is 3.73. The van der Waals surface area contributed by atoms with E-state index in [1.54, 1.807) is 0 Å². The van der Waals surface area contributed by atoms with Gasteiger partial charge >= 0.3 is 0 Å².